The molecule has 0 aromatic carbocycles. The van der Waals surface area contributed by atoms with Gasteiger partial charge in [-0.2, -0.15) is 0 Å². The quantitative estimate of drug-likeness (QED) is 0.868. The minimum absolute atomic E-state index is 0.758. The lowest BCUT2D eigenvalue weighted by Crippen LogP contribution is -2.29. The second-order valence-electron chi connectivity index (χ2n) is 6.51. The van der Waals surface area contributed by atoms with E-state index >= 15 is 0 Å². The van der Waals surface area contributed by atoms with Gasteiger partial charge in [-0.3, -0.25) is 4.90 Å². The van der Waals surface area contributed by atoms with Crippen molar-refractivity contribution in [3.63, 3.8) is 0 Å². The number of thiazole rings is 1. The maximum atomic E-state index is 4.59. The van der Waals surface area contributed by atoms with Gasteiger partial charge in [-0.05, 0) is 25.7 Å². The molecule has 0 N–H and O–H groups in total. The van der Waals surface area contributed by atoms with E-state index in [0.29, 0.717) is 0 Å². The fraction of sp³-hybridized carbons (Fsp3) is 0.562. The molecule has 116 valence electrons. The van der Waals surface area contributed by atoms with Crippen molar-refractivity contribution in [1.82, 2.24) is 19.9 Å². The third-order valence-corrected chi connectivity index (χ3v) is 5.60. The molecule has 5 nitrogen and oxygen atoms in total. The summed E-state index contributed by atoms with van der Waals surface area (Å²) in [6, 6.07) is 0. The minimum Gasteiger partial charge on any atom is -0.356 e. The van der Waals surface area contributed by atoms with Crippen molar-refractivity contribution in [3.8, 4) is 0 Å². The van der Waals surface area contributed by atoms with E-state index in [-0.39, 0.29) is 0 Å². The molecule has 2 unspecified atom stereocenters. The number of likely N-dealkylation sites (tertiary alicyclic amines) is 1. The summed E-state index contributed by atoms with van der Waals surface area (Å²) in [7, 11) is 0. The van der Waals surface area contributed by atoms with Crippen LogP contribution in [0.4, 0.5) is 5.82 Å². The highest BCUT2D eigenvalue weighted by molar-refractivity contribution is 7.09. The van der Waals surface area contributed by atoms with Crippen molar-refractivity contribution in [2.75, 3.05) is 31.1 Å². The first-order valence-electron chi connectivity index (χ1n) is 7.84. The number of anilines is 1. The summed E-state index contributed by atoms with van der Waals surface area (Å²) in [6.45, 7) is 9.78. The molecule has 0 spiro atoms. The molecule has 2 aromatic rings. The van der Waals surface area contributed by atoms with Gasteiger partial charge in [0, 0.05) is 49.9 Å². The summed E-state index contributed by atoms with van der Waals surface area (Å²) < 4.78 is 0. The number of hydrogen-bond donors (Lipinski definition) is 0. The van der Waals surface area contributed by atoms with Gasteiger partial charge in [0.05, 0.1) is 10.7 Å². The van der Waals surface area contributed by atoms with Crippen LogP contribution in [0.15, 0.2) is 17.9 Å². The molecule has 0 amide bonds. The summed E-state index contributed by atoms with van der Waals surface area (Å²) in [5.41, 5.74) is 2.41. The normalized spacial score (nSPS) is 24.9. The largest absolute Gasteiger partial charge is 0.356 e. The van der Waals surface area contributed by atoms with Crippen molar-refractivity contribution < 1.29 is 0 Å². The number of hydrogen-bond acceptors (Lipinski definition) is 6. The van der Waals surface area contributed by atoms with Gasteiger partial charge in [0.2, 0.25) is 0 Å². The molecule has 2 saturated heterocycles. The highest BCUT2D eigenvalue weighted by Crippen LogP contribution is 2.34. The van der Waals surface area contributed by atoms with E-state index in [1.807, 2.05) is 6.20 Å². The Morgan fingerprint density at radius 1 is 1.18 bits per heavy atom. The van der Waals surface area contributed by atoms with Gasteiger partial charge in [0.15, 0.2) is 0 Å². The molecule has 2 aliphatic heterocycles. The summed E-state index contributed by atoms with van der Waals surface area (Å²) >= 11 is 1.75. The molecule has 2 aromatic heterocycles. The van der Waals surface area contributed by atoms with Crippen molar-refractivity contribution >= 4 is 17.2 Å². The van der Waals surface area contributed by atoms with E-state index in [1.54, 1.807) is 17.7 Å². The molecule has 2 atom stereocenters. The molecule has 0 radical (unpaired) electrons. The summed E-state index contributed by atoms with van der Waals surface area (Å²) in [4.78, 5) is 18.2. The fourth-order valence-corrected chi connectivity index (χ4v) is 4.43. The Balaban J connectivity index is 1.39. The molecule has 22 heavy (non-hydrogen) atoms. The third kappa shape index (κ3) is 2.61. The molecule has 0 saturated carbocycles. The van der Waals surface area contributed by atoms with Crippen LogP contribution >= 0.6 is 11.3 Å². The molecular formula is C16H21N5S. The molecule has 4 heterocycles. The van der Waals surface area contributed by atoms with Crippen LogP contribution in [-0.2, 0) is 6.54 Å². The highest BCUT2D eigenvalue weighted by Gasteiger charge is 2.40. The van der Waals surface area contributed by atoms with Gasteiger partial charge in [-0.1, -0.05) is 0 Å². The SMILES string of the molecule is Cc1nc(CN2CC3CN(c4ncncc4C)CC3C2)cs1. The molecule has 4 rings (SSSR count). The van der Waals surface area contributed by atoms with Crippen molar-refractivity contribution in [1.29, 1.82) is 0 Å². The average molecular weight is 315 g/mol. The molecule has 2 aliphatic rings. The molecular weight excluding hydrogens is 294 g/mol. The number of fused-ring (bicyclic) bond motifs is 1. The molecule has 0 aliphatic carbocycles. The zero-order valence-electron chi connectivity index (χ0n) is 13.1. The van der Waals surface area contributed by atoms with Gasteiger partial charge in [-0.25, -0.2) is 15.0 Å². The number of aryl methyl sites for hydroxylation is 2. The maximum absolute atomic E-state index is 4.59. The first kappa shape index (κ1) is 14.1. The first-order valence-corrected chi connectivity index (χ1v) is 8.72. The Morgan fingerprint density at radius 2 is 1.95 bits per heavy atom. The second-order valence-corrected chi connectivity index (χ2v) is 7.57. The summed E-state index contributed by atoms with van der Waals surface area (Å²) in [5.74, 6) is 2.63. The highest BCUT2D eigenvalue weighted by atomic mass is 32.1. The van der Waals surface area contributed by atoms with Gasteiger partial charge < -0.3 is 4.90 Å². The Labute approximate surface area is 135 Å². The van der Waals surface area contributed by atoms with Crippen LogP contribution in [-0.4, -0.2) is 46.0 Å². The number of nitrogens with zero attached hydrogens (tertiary/aromatic N) is 5. The van der Waals surface area contributed by atoms with Crippen LogP contribution in [0.5, 0.6) is 0 Å². The van der Waals surface area contributed by atoms with E-state index in [1.165, 1.54) is 29.4 Å². The van der Waals surface area contributed by atoms with E-state index in [4.69, 9.17) is 0 Å². The van der Waals surface area contributed by atoms with E-state index in [0.717, 1.165) is 37.3 Å². The summed E-state index contributed by atoms with van der Waals surface area (Å²) in [5, 5.41) is 3.36. The standard InChI is InChI=1S/C16H21N5S/c1-11-3-17-10-18-16(11)21-6-13-4-20(5-14(13)7-21)8-15-9-22-12(2)19-15/h3,9-10,13-14H,4-8H2,1-2H3. The van der Waals surface area contributed by atoms with Crippen molar-refractivity contribution in [2.24, 2.45) is 11.8 Å². The van der Waals surface area contributed by atoms with E-state index in [9.17, 15) is 0 Å². The van der Waals surface area contributed by atoms with Crippen LogP contribution in [0.1, 0.15) is 16.3 Å². The smallest absolute Gasteiger partial charge is 0.134 e. The number of rotatable bonds is 3. The number of aromatic nitrogens is 3. The zero-order valence-corrected chi connectivity index (χ0v) is 13.9. The van der Waals surface area contributed by atoms with Gasteiger partial charge >= 0.3 is 0 Å². The molecule has 6 heteroatoms. The van der Waals surface area contributed by atoms with Crippen LogP contribution in [0.3, 0.4) is 0 Å². The van der Waals surface area contributed by atoms with E-state index < -0.39 is 0 Å². The molecule has 2 fully saturated rings. The summed E-state index contributed by atoms with van der Waals surface area (Å²) in [6.07, 6.45) is 3.57. The second kappa shape index (κ2) is 5.59. The van der Waals surface area contributed by atoms with Crippen LogP contribution in [0.25, 0.3) is 0 Å². The van der Waals surface area contributed by atoms with E-state index in [2.05, 4.69) is 44.0 Å². The Hall–Kier alpha value is -1.53. The average Bonchev–Trinajstić information content (AvgIpc) is 3.14. The predicted molar refractivity (Wildman–Crippen MR) is 88.1 cm³/mol. The van der Waals surface area contributed by atoms with Gasteiger partial charge in [0.25, 0.3) is 0 Å². The zero-order chi connectivity index (χ0) is 15.1. The minimum atomic E-state index is 0.758. The van der Waals surface area contributed by atoms with Crippen LogP contribution < -0.4 is 4.90 Å². The first-order chi connectivity index (χ1) is 10.7. The Bertz CT molecular complexity index is 656. The molecule has 0 bridgehead atoms. The lowest BCUT2D eigenvalue weighted by atomic mass is 10.0. The van der Waals surface area contributed by atoms with Gasteiger partial charge in [0.1, 0.15) is 12.1 Å². The van der Waals surface area contributed by atoms with Crippen molar-refractivity contribution in [2.45, 2.75) is 20.4 Å². The van der Waals surface area contributed by atoms with Crippen molar-refractivity contribution in [3.05, 3.63) is 34.2 Å². The maximum Gasteiger partial charge on any atom is 0.134 e. The Kier molecular flexibility index (Phi) is 3.58. The monoisotopic (exact) mass is 315 g/mol. The fourth-order valence-electron chi connectivity index (χ4n) is 3.83. The Morgan fingerprint density at radius 3 is 2.59 bits per heavy atom. The lowest BCUT2D eigenvalue weighted by molar-refractivity contribution is 0.305. The lowest BCUT2D eigenvalue weighted by Gasteiger charge is -2.22. The predicted octanol–water partition coefficient (Wildman–Crippen LogP) is 2.12. The van der Waals surface area contributed by atoms with Gasteiger partial charge in [-0.15, -0.1) is 11.3 Å². The van der Waals surface area contributed by atoms with Crippen LogP contribution in [0.2, 0.25) is 0 Å². The topological polar surface area (TPSA) is 45.2 Å². The third-order valence-electron chi connectivity index (χ3n) is 4.78. The van der Waals surface area contributed by atoms with Crippen LogP contribution in [0, 0.1) is 25.7 Å².